The third-order valence-corrected chi connectivity index (χ3v) is 7.91. The highest BCUT2D eigenvalue weighted by Crippen LogP contribution is 2.61. The van der Waals surface area contributed by atoms with Gasteiger partial charge in [0.15, 0.2) is 0 Å². The Morgan fingerprint density at radius 3 is 2.14 bits per heavy atom. The van der Waals surface area contributed by atoms with Crippen LogP contribution in [0.15, 0.2) is 24.3 Å². The monoisotopic (exact) mass is 382 g/mol. The van der Waals surface area contributed by atoms with Crippen LogP contribution < -0.4 is 10.6 Å². The van der Waals surface area contributed by atoms with Crippen molar-refractivity contribution in [3.8, 4) is 0 Å². The summed E-state index contributed by atoms with van der Waals surface area (Å²) in [6, 6.07) is 7.85. The number of carbonyl (C=O) groups is 2. The predicted molar refractivity (Wildman–Crippen MR) is 112 cm³/mol. The number of amides is 2. The normalized spacial score (nSPS) is 32.6. The van der Waals surface area contributed by atoms with Gasteiger partial charge < -0.3 is 10.6 Å². The van der Waals surface area contributed by atoms with Crippen molar-refractivity contribution in [3.05, 3.63) is 29.8 Å². The molecule has 1 aromatic rings. The van der Waals surface area contributed by atoms with Gasteiger partial charge >= 0.3 is 11.8 Å². The zero-order valence-electron chi connectivity index (χ0n) is 17.5. The summed E-state index contributed by atoms with van der Waals surface area (Å²) in [5, 5.41) is 5.92. The Labute approximate surface area is 168 Å². The first-order valence-electron chi connectivity index (χ1n) is 11.1. The second-order valence-corrected chi connectivity index (χ2v) is 9.83. The third-order valence-electron chi connectivity index (χ3n) is 7.91. The van der Waals surface area contributed by atoms with Crippen LogP contribution in [-0.4, -0.2) is 17.9 Å². The van der Waals surface area contributed by atoms with Crippen molar-refractivity contribution < 1.29 is 9.59 Å². The van der Waals surface area contributed by atoms with Crippen LogP contribution in [0, 0.1) is 23.2 Å². The Bertz CT molecular complexity index is 721. The zero-order valence-corrected chi connectivity index (χ0v) is 17.5. The second-order valence-electron chi connectivity index (χ2n) is 9.83. The molecular weight excluding hydrogens is 348 g/mol. The summed E-state index contributed by atoms with van der Waals surface area (Å²) in [5.74, 6) is 1.80. The molecule has 2 N–H and O–H groups in total. The predicted octanol–water partition coefficient (Wildman–Crippen LogP) is 4.86. The van der Waals surface area contributed by atoms with Gasteiger partial charge in [-0.1, -0.05) is 32.0 Å². The van der Waals surface area contributed by atoms with Crippen molar-refractivity contribution in [2.75, 3.05) is 5.32 Å². The molecule has 4 nitrogen and oxygen atoms in total. The van der Waals surface area contributed by atoms with E-state index in [4.69, 9.17) is 0 Å². The smallest absolute Gasteiger partial charge is 0.313 e. The van der Waals surface area contributed by atoms with Crippen LogP contribution in [0.5, 0.6) is 0 Å². The van der Waals surface area contributed by atoms with Crippen LogP contribution in [0.3, 0.4) is 0 Å². The summed E-state index contributed by atoms with van der Waals surface area (Å²) < 4.78 is 0. The molecule has 4 fully saturated rings. The average molecular weight is 383 g/mol. The lowest BCUT2D eigenvalue weighted by atomic mass is 9.48. The van der Waals surface area contributed by atoms with Gasteiger partial charge in [0.05, 0.1) is 0 Å². The van der Waals surface area contributed by atoms with E-state index in [1.54, 1.807) is 0 Å². The summed E-state index contributed by atoms with van der Waals surface area (Å²) >= 11 is 0. The van der Waals surface area contributed by atoms with E-state index < -0.39 is 11.8 Å². The molecule has 2 unspecified atom stereocenters. The summed E-state index contributed by atoms with van der Waals surface area (Å²) in [6.45, 7) is 6.38. The molecule has 0 spiro atoms. The number of benzene rings is 1. The average Bonchev–Trinajstić information content (AvgIpc) is 2.66. The highest BCUT2D eigenvalue weighted by molar-refractivity contribution is 6.39. The molecule has 0 aliphatic heterocycles. The molecule has 0 aromatic heterocycles. The summed E-state index contributed by atoms with van der Waals surface area (Å²) in [6.07, 6.45) is 8.80. The molecule has 152 valence electrons. The lowest BCUT2D eigenvalue weighted by Gasteiger charge is -2.59. The standard InChI is InChI=1S/C24H34N2O2/c1-4-15(2)20-7-5-6-8-21(20)26-23(28)22(27)25-16(3)24-12-17-9-18(13-24)11-19(10-17)14-24/h5-8,15-19H,4,9-14H2,1-3H3,(H,25,27)(H,26,28). The molecule has 4 saturated carbocycles. The number of hydrogen-bond acceptors (Lipinski definition) is 2. The number of para-hydroxylation sites is 1. The van der Waals surface area contributed by atoms with Gasteiger partial charge in [-0.2, -0.15) is 0 Å². The van der Waals surface area contributed by atoms with E-state index in [2.05, 4.69) is 31.4 Å². The van der Waals surface area contributed by atoms with Crippen LogP contribution in [0.25, 0.3) is 0 Å². The van der Waals surface area contributed by atoms with Crippen LogP contribution >= 0.6 is 0 Å². The third kappa shape index (κ3) is 3.58. The van der Waals surface area contributed by atoms with E-state index in [9.17, 15) is 9.59 Å². The first kappa shape index (κ1) is 19.5. The van der Waals surface area contributed by atoms with E-state index in [0.29, 0.717) is 5.92 Å². The van der Waals surface area contributed by atoms with Crippen LogP contribution in [0.1, 0.15) is 77.2 Å². The largest absolute Gasteiger partial charge is 0.345 e. The minimum absolute atomic E-state index is 0.0592. The van der Waals surface area contributed by atoms with Gasteiger partial charge in [0, 0.05) is 11.7 Å². The summed E-state index contributed by atoms with van der Waals surface area (Å²) in [7, 11) is 0. The number of hydrogen-bond donors (Lipinski definition) is 2. The first-order valence-corrected chi connectivity index (χ1v) is 11.1. The number of anilines is 1. The van der Waals surface area contributed by atoms with Crippen LogP contribution in [0.4, 0.5) is 5.69 Å². The minimum Gasteiger partial charge on any atom is -0.345 e. The van der Waals surface area contributed by atoms with E-state index in [0.717, 1.165) is 35.4 Å². The SMILES string of the molecule is CCC(C)c1ccccc1NC(=O)C(=O)NC(C)C12CC3CC(CC(C3)C1)C2. The van der Waals surface area contributed by atoms with Crippen LogP contribution in [0.2, 0.25) is 0 Å². The molecule has 0 heterocycles. The maximum Gasteiger partial charge on any atom is 0.313 e. The van der Waals surface area contributed by atoms with Gasteiger partial charge in [-0.05, 0) is 92.6 Å². The first-order chi connectivity index (χ1) is 13.4. The van der Waals surface area contributed by atoms with Gasteiger partial charge in [-0.25, -0.2) is 0 Å². The Morgan fingerprint density at radius 2 is 1.57 bits per heavy atom. The van der Waals surface area contributed by atoms with Gasteiger partial charge in [0.1, 0.15) is 0 Å². The Morgan fingerprint density at radius 1 is 1.00 bits per heavy atom. The van der Waals surface area contributed by atoms with E-state index in [1.807, 2.05) is 24.3 Å². The molecule has 4 aliphatic rings. The fraction of sp³-hybridized carbons (Fsp3) is 0.667. The summed E-state index contributed by atoms with van der Waals surface area (Å²) in [4.78, 5) is 25.3. The molecule has 5 rings (SSSR count). The maximum atomic E-state index is 12.7. The van der Waals surface area contributed by atoms with E-state index in [-0.39, 0.29) is 11.5 Å². The van der Waals surface area contributed by atoms with Gasteiger partial charge in [-0.15, -0.1) is 0 Å². The highest BCUT2D eigenvalue weighted by atomic mass is 16.2. The molecule has 2 amide bonds. The van der Waals surface area contributed by atoms with E-state index >= 15 is 0 Å². The zero-order chi connectivity index (χ0) is 19.9. The van der Waals surface area contributed by atoms with Crippen molar-refractivity contribution in [1.82, 2.24) is 5.32 Å². The Balaban J connectivity index is 1.41. The van der Waals surface area contributed by atoms with Gasteiger partial charge in [0.2, 0.25) is 0 Å². The quantitative estimate of drug-likeness (QED) is 0.715. The maximum absolute atomic E-state index is 12.7. The molecule has 2 atom stereocenters. The minimum atomic E-state index is -0.549. The molecule has 0 radical (unpaired) electrons. The lowest BCUT2D eigenvalue weighted by Crippen LogP contribution is -2.57. The Kier molecular flexibility index (Phi) is 5.24. The van der Waals surface area contributed by atoms with Crippen molar-refractivity contribution >= 4 is 17.5 Å². The molecule has 4 bridgehead atoms. The second kappa shape index (κ2) is 7.53. The lowest BCUT2D eigenvalue weighted by molar-refractivity contribution is -0.138. The van der Waals surface area contributed by atoms with E-state index in [1.165, 1.54) is 38.5 Å². The molecular formula is C24H34N2O2. The highest BCUT2D eigenvalue weighted by Gasteiger charge is 2.53. The molecule has 4 aliphatic carbocycles. The number of rotatable bonds is 5. The van der Waals surface area contributed by atoms with Crippen LogP contribution in [-0.2, 0) is 9.59 Å². The van der Waals surface area contributed by atoms with Crippen molar-refractivity contribution in [1.29, 1.82) is 0 Å². The number of carbonyl (C=O) groups excluding carboxylic acids is 2. The molecule has 4 heteroatoms. The fourth-order valence-electron chi connectivity index (χ4n) is 6.56. The van der Waals surface area contributed by atoms with Crippen molar-refractivity contribution in [2.24, 2.45) is 23.2 Å². The van der Waals surface area contributed by atoms with Crippen molar-refractivity contribution in [2.45, 2.75) is 77.7 Å². The van der Waals surface area contributed by atoms with Crippen molar-refractivity contribution in [3.63, 3.8) is 0 Å². The van der Waals surface area contributed by atoms with Gasteiger partial charge in [-0.3, -0.25) is 9.59 Å². The topological polar surface area (TPSA) is 58.2 Å². The molecule has 28 heavy (non-hydrogen) atoms. The fourth-order valence-corrected chi connectivity index (χ4v) is 6.56. The Hall–Kier alpha value is -1.84. The summed E-state index contributed by atoms with van der Waals surface area (Å²) in [5.41, 5.74) is 2.04. The molecule has 1 aromatic carbocycles. The molecule has 0 saturated heterocycles. The number of nitrogens with one attached hydrogen (secondary N) is 2. The van der Waals surface area contributed by atoms with Gasteiger partial charge in [0.25, 0.3) is 0 Å².